The molecular weight excluding hydrogens is 456 g/mol. The summed E-state index contributed by atoms with van der Waals surface area (Å²) in [5.74, 6) is -1.36. The molecule has 2 unspecified atom stereocenters. The zero-order valence-electron chi connectivity index (χ0n) is 19.6. The van der Waals surface area contributed by atoms with Gasteiger partial charge in [-0.3, -0.25) is 19.2 Å². The molecule has 0 spiro atoms. The molecule has 0 aliphatic carbocycles. The Balaban J connectivity index is 1.99. The van der Waals surface area contributed by atoms with Crippen LogP contribution >= 0.6 is 12.6 Å². The average molecular weight is 491 g/mol. The van der Waals surface area contributed by atoms with Crippen molar-refractivity contribution in [3.8, 4) is 5.75 Å². The molecule has 10 heteroatoms. The van der Waals surface area contributed by atoms with Crippen LogP contribution in [0.5, 0.6) is 5.75 Å². The molecule has 9 nitrogen and oxygen atoms in total. The van der Waals surface area contributed by atoms with Crippen LogP contribution in [0.25, 0.3) is 0 Å². The second-order valence-electron chi connectivity index (χ2n) is 9.08. The molecule has 1 amide bonds. The molecule has 2 bridgehead atoms. The van der Waals surface area contributed by atoms with E-state index in [1.807, 2.05) is 13.8 Å². The number of aromatic hydroxyl groups is 1. The number of ketones is 3. The van der Waals surface area contributed by atoms with Crippen LogP contribution < -0.4 is 16.1 Å². The topological polar surface area (TPSA) is 128 Å². The predicted molar refractivity (Wildman–Crippen MR) is 131 cm³/mol. The maximum atomic E-state index is 13.4. The van der Waals surface area contributed by atoms with E-state index in [-0.39, 0.29) is 48.5 Å². The molecule has 2 saturated heterocycles. The molecule has 0 aromatic heterocycles. The van der Waals surface area contributed by atoms with Crippen molar-refractivity contribution in [1.82, 2.24) is 21.1 Å². The van der Waals surface area contributed by atoms with Crippen molar-refractivity contribution in [3.05, 3.63) is 29.8 Å². The summed E-state index contributed by atoms with van der Waals surface area (Å²) in [5, 5.41) is 17.2. The molecule has 4 N–H and O–H groups in total. The Kier molecular flexibility index (Phi) is 9.24. The lowest BCUT2D eigenvalue weighted by Crippen LogP contribution is -2.69. The number of piperazine rings is 1. The van der Waals surface area contributed by atoms with Crippen LogP contribution in [0.2, 0.25) is 0 Å². The van der Waals surface area contributed by atoms with Gasteiger partial charge in [-0.25, -0.2) is 10.4 Å². The van der Waals surface area contributed by atoms with E-state index in [2.05, 4.69) is 28.7 Å². The zero-order valence-corrected chi connectivity index (χ0v) is 20.5. The zero-order chi connectivity index (χ0) is 24.8. The number of Topliss-reactive ketones (excluding diaryl/α,β-unsaturated/α-hetero) is 3. The molecule has 6 atom stereocenters. The summed E-state index contributed by atoms with van der Waals surface area (Å²) in [7, 11) is 0. The third-order valence-corrected chi connectivity index (χ3v) is 6.98. The van der Waals surface area contributed by atoms with Crippen LogP contribution in [0, 0.1) is 5.92 Å². The van der Waals surface area contributed by atoms with Crippen LogP contribution in [0.1, 0.15) is 38.7 Å². The van der Waals surface area contributed by atoms with Gasteiger partial charge in [0.2, 0.25) is 17.5 Å². The van der Waals surface area contributed by atoms with Crippen molar-refractivity contribution in [2.75, 3.05) is 18.8 Å². The van der Waals surface area contributed by atoms with Crippen molar-refractivity contribution in [3.63, 3.8) is 0 Å². The molecule has 2 aliphatic heterocycles. The Hall–Kier alpha value is -2.27. The highest BCUT2D eigenvalue weighted by Crippen LogP contribution is 2.20. The number of hydrazine groups is 1. The number of thiol groups is 1. The number of hydrogen-bond donors (Lipinski definition) is 5. The predicted octanol–water partition coefficient (Wildman–Crippen LogP) is 0.412. The van der Waals surface area contributed by atoms with Crippen molar-refractivity contribution >= 4 is 35.9 Å². The standard InChI is InChI=1S/C24H34N4O5S/c1-3-14(2)21-24(33)26-18-12-28(21)27-17(11-15-6-8-16(29)9-7-15)22(31)23(32)19(13-34)25-10-4-5-20(18)30/h6-9,14,17-19,21,25,27,29,34H,3-5,10-13H2,1-2H3,(H,26,33)/t14?,17-,18+,19-,21-/m0/s1. The fourth-order valence-corrected chi connectivity index (χ4v) is 4.72. The number of fused-ring (bicyclic) bond motifs is 2. The molecule has 1 aromatic carbocycles. The summed E-state index contributed by atoms with van der Waals surface area (Å²) in [6.07, 6.45) is 1.62. The molecule has 0 radical (unpaired) electrons. The fourth-order valence-electron chi connectivity index (χ4n) is 4.42. The van der Waals surface area contributed by atoms with E-state index >= 15 is 0 Å². The molecular formula is C24H34N4O5S. The van der Waals surface area contributed by atoms with Gasteiger partial charge in [0, 0.05) is 18.7 Å². The molecule has 0 saturated carbocycles. The first-order valence-electron chi connectivity index (χ1n) is 11.8. The third-order valence-electron chi connectivity index (χ3n) is 6.62. The van der Waals surface area contributed by atoms with Gasteiger partial charge in [0.05, 0.1) is 12.1 Å². The van der Waals surface area contributed by atoms with Crippen LogP contribution in [-0.4, -0.2) is 76.4 Å². The highest BCUT2D eigenvalue weighted by atomic mass is 32.1. The number of hydrogen-bond acceptors (Lipinski definition) is 9. The Morgan fingerprint density at radius 2 is 1.79 bits per heavy atom. The largest absolute Gasteiger partial charge is 0.508 e. The van der Waals surface area contributed by atoms with Gasteiger partial charge in [-0.2, -0.15) is 12.6 Å². The van der Waals surface area contributed by atoms with Crippen LogP contribution in [-0.2, 0) is 25.6 Å². The Morgan fingerprint density at radius 3 is 2.44 bits per heavy atom. The van der Waals surface area contributed by atoms with E-state index in [1.165, 1.54) is 12.1 Å². The van der Waals surface area contributed by atoms with E-state index in [9.17, 15) is 24.3 Å². The van der Waals surface area contributed by atoms with Crippen LogP contribution in [0.4, 0.5) is 0 Å². The molecule has 34 heavy (non-hydrogen) atoms. The van der Waals surface area contributed by atoms with Gasteiger partial charge in [0.25, 0.3) is 0 Å². The molecule has 2 heterocycles. The fraction of sp³-hybridized carbons (Fsp3) is 0.583. The molecule has 3 rings (SSSR count). The monoisotopic (exact) mass is 490 g/mol. The van der Waals surface area contributed by atoms with Gasteiger partial charge in [-0.15, -0.1) is 0 Å². The number of nitrogens with zero attached hydrogens (tertiary/aromatic N) is 1. The molecule has 2 aliphatic rings. The van der Waals surface area contributed by atoms with E-state index in [0.717, 1.165) is 12.0 Å². The number of carbonyl (C=O) groups is 4. The normalized spacial score (nSPS) is 30.0. The van der Waals surface area contributed by atoms with Gasteiger partial charge in [-0.1, -0.05) is 32.4 Å². The van der Waals surface area contributed by atoms with Crippen molar-refractivity contribution in [1.29, 1.82) is 0 Å². The number of carbonyl (C=O) groups excluding carboxylic acids is 4. The second kappa shape index (κ2) is 11.9. The minimum absolute atomic E-state index is 0.0498. The Labute approximate surface area is 205 Å². The minimum atomic E-state index is -0.949. The molecule has 1 aromatic rings. The first kappa shape index (κ1) is 26.3. The van der Waals surface area contributed by atoms with Gasteiger partial charge >= 0.3 is 0 Å². The summed E-state index contributed by atoms with van der Waals surface area (Å²) in [6, 6.07) is 3.40. The van der Waals surface area contributed by atoms with Crippen molar-refractivity contribution < 1.29 is 24.3 Å². The van der Waals surface area contributed by atoms with Gasteiger partial charge in [-0.05, 0) is 43.0 Å². The van der Waals surface area contributed by atoms with Gasteiger partial charge < -0.3 is 15.7 Å². The summed E-state index contributed by atoms with van der Waals surface area (Å²) >= 11 is 4.25. The highest BCUT2D eigenvalue weighted by molar-refractivity contribution is 7.80. The quantitative estimate of drug-likeness (QED) is 0.297. The maximum absolute atomic E-state index is 13.4. The maximum Gasteiger partial charge on any atom is 0.239 e. The first-order chi connectivity index (χ1) is 16.2. The number of phenols is 1. The number of phenolic OH excluding ortho intramolecular Hbond substituents is 1. The third kappa shape index (κ3) is 6.24. The number of nitrogens with one attached hydrogen (secondary N) is 3. The number of benzene rings is 1. The van der Waals surface area contributed by atoms with Crippen molar-refractivity contribution in [2.45, 2.75) is 63.7 Å². The first-order valence-corrected chi connectivity index (χ1v) is 12.4. The lowest BCUT2D eigenvalue weighted by Gasteiger charge is -2.42. The van der Waals surface area contributed by atoms with Crippen molar-refractivity contribution in [2.24, 2.45) is 5.92 Å². The Bertz CT molecular complexity index is 909. The smallest absolute Gasteiger partial charge is 0.239 e. The summed E-state index contributed by atoms with van der Waals surface area (Å²) in [5.41, 5.74) is 3.90. The lowest BCUT2D eigenvalue weighted by molar-refractivity contribution is -0.144. The summed E-state index contributed by atoms with van der Waals surface area (Å²) in [6.45, 7) is 4.50. The number of amides is 1. The van der Waals surface area contributed by atoms with E-state index in [0.29, 0.717) is 13.0 Å². The van der Waals surface area contributed by atoms with E-state index in [4.69, 9.17) is 0 Å². The minimum Gasteiger partial charge on any atom is -0.508 e. The van der Waals surface area contributed by atoms with Gasteiger partial charge in [0.15, 0.2) is 5.78 Å². The SMILES string of the molecule is CCC(C)[C@H]1C(=O)N[C@@H]2CN1N[C@@H](Cc1ccc(O)cc1)C(=O)C(=O)[C@H](CS)NCCCC2=O. The second-order valence-corrected chi connectivity index (χ2v) is 9.45. The lowest BCUT2D eigenvalue weighted by atomic mass is 9.93. The van der Waals surface area contributed by atoms with Crippen LogP contribution in [0.3, 0.4) is 0 Å². The average Bonchev–Trinajstić information content (AvgIpc) is 2.83. The summed E-state index contributed by atoms with van der Waals surface area (Å²) < 4.78 is 0. The van der Waals surface area contributed by atoms with E-state index in [1.54, 1.807) is 17.1 Å². The highest BCUT2D eigenvalue weighted by Gasteiger charge is 2.42. The summed E-state index contributed by atoms with van der Waals surface area (Å²) in [4.78, 5) is 52.4. The van der Waals surface area contributed by atoms with Gasteiger partial charge in [0.1, 0.15) is 17.8 Å². The van der Waals surface area contributed by atoms with E-state index < -0.39 is 35.7 Å². The Morgan fingerprint density at radius 1 is 1.12 bits per heavy atom. The molecule has 186 valence electrons. The van der Waals surface area contributed by atoms with Crippen LogP contribution in [0.15, 0.2) is 24.3 Å². The number of rotatable bonds is 5. The molecule has 2 fully saturated rings.